The number of carboxylic acids is 2. The lowest BCUT2D eigenvalue weighted by molar-refractivity contribution is -0.143. The molecule has 0 fully saturated rings. The Kier molecular flexibility index (Phi) is 11.4. The largest absolute Gasteiger partial charge is 0.508 e. The molecular formula is C27H34N4O9. The van der Waals surface area contributed by atoms with Crippen molar-refractivity contribution in [1.29, 1.82) is 0 Å². The van der Waals surface area contributed by atoms with Crippen molar-refractivity contribution < 1.29 is 44.4 Å². The van der Waals surface area contributed by atoms with Crippen molar-refractivity contribution >= 4 is 29.7 Å². The normalized spacial score (nSPS) is 13.9. The molecule has 4 unspecified atom stereocenters. The first kappa shape index (κ1) is 31.6. The molecule has 2 aromatic carbocycles. The van der Waals surface area contributed by atoms with Crippen LogP contribution in [0.1, 0.15) is 31.4 Å². The third kappa shape index (κ3) is 9.91. The van der Waals surface area contributed by atoms with Crippen molar-refractivity contribution in [2.75, 3.05) is 0 Å². The van der Waals surface area contributed by atoms with Gasteiger partial charge in [0.15, 0.2) is 0 Å². The molecule has 0 aliphatic carbocycles. The summed E-state index contributed by atoms with van der Waals surface area (Å²) in [7, 11) is 0. The molecule has 2 aromatic rings. The van der Waals surface area contributed by atoms with Crippen molar-refractivity contribution in [2.45, 2.75) is 57.3 Å². The van der Waals surface area contributed by atoms with E-state index in [1.807, 2.05) is 0 Å². The minimum absolute atomic E-state index is 0.0194. The Bertz CT molecular complexity index is 1200. The fraction of sp³-hybridized carbons (Fsp3) is 0.370. The predicted octanol–water partition coefficient (Wildman–Crippen LogP) is -0.120. The summed E-state index contributed by atoms with van der Waals surface area (Å²) in [6.07, 6.45) is -1.13. The van der Waals surface area contributed by atoms with Crippen LogP contribution in [0.15, 0.2) is 48.5 Å². The Morgan fingerprint density at radius 1 is 0.675 bits per heavy atom. The maximum atomic E-state index is 13.3. The van der Waals surface area contributed by atoms with Crippen molar-refractivity contribution in [3.05, 3.63) is 59.7 Å². The lowest BCUT2D eigenvalue weighted by atomic mass is 10.0. The summed E-state index contributed by atoms with van der Waals surface area (Å²) in [6.45, 7) is 3.42. The molecule has 0 saturated heterocycles. The Balaban J connectivity index is 2.25. The average molecular weight is 559 g/mol. The average Bonchev–Trinajstić information content (AvgIpc) is 2.88. The molecule has 0 bridgehead atoms. The highest BCUT2D eigenvalue weighted by Gasteiger charge is 2.32. The van der Waals surface area contributed by atoms with Crippen LogP contribution >= 0.6 is 0 Å². The summed E-state index contributed by atoms with van der Waals surface area (Å²) in [5.74, 6) is -5.76. The lowest BCUT2D eigenvalue weighted by Crippen LogP contribution is -2.58. The van der Waals surface area contributed by atoms with Gasteiger partial charge in [-0.05, 0) is 41.3 Å². The summed E-state index contributed by atoms with van der Waals surface area (Å²) in [5.41, 5.74) is 6.92. The number of aliphatic carboxylic acids is 2. The van der Waals surface area contributed by atoms with Gasteiger partial charge in [0.25, 0.3) is 0 Å². The number of aromatic hydroxyl groups is 2. The summed E-state index contributed by atoms with van der Waals surface area (Å²) in [4.78, 5) is 62.2. The molecule has 13 nitrogen and oxygen atoms in total. The number of amides is 3. The molecule has 0 saturated carbocycles. The molecule has 40 heavy (non-hydrogen) atoms. The Morgan fingerprint density at radius 3 is 1.50 bits per heavy atom. The molecule has 0 radical (unpaired) electrons. The molecule has 9 N–H and O–H groups in total. The highest BCUT2D eigenvalue weighted by Crippen LogP contribution is 2.13. The molecule has 13 heteroatoms. The lowest BCUT2D eigenvalue weighted by Gasteiger charge is -2.25. The molecule has 0 aromatic heterocycles. The van der Waals surface area contributed by atoms with Gasteiger partial charge in [0.2, 0.25) is 17.7 Å². The number of phenolic OH excluding ortho intramolecular Hbond substituents is 2. The number of carbonyl (C=O) groups excluding carboxylic acids is 3. The number of nitrogens with two attached hydrogens (primary N) is 1. The maximum absolute atomic E-state index is 13.3. The Morgan fingerprint density at radius 2 is 1.07 bits per heavy atom. The van der Waals surface area contributed by atoms with E-state index in [-0.39, 0.29) is 30.3 Å². The van der Waals surface area contributed by atoms with E-state index in [0.717, 1.165) is 0 Å². The SMILES string of the molecule is CC(C)C(N)C(=O)NC(Cc1ccc(O)cc1)C(=O)NC(CC(=O)O)C(=O)NC(Cc1ccc(O)cc1)C(=O)O. The number of carbonyl (C=O) groups is 5. The van der Waals surface area contributed by atoms with Crippen molar-refractivity contribution in [3.63, 3.8) is 0 Å². The van der Waals surface area contributed by atoms with E-state index in [1.165, 1.54) is 48.5 Å². The quantitative estimate of drug-likeness (QED) is 0.153. The fourth-order valence-electron chi connectivity index (χ4n) is 3.64. The van der Waals surface area contributed by atoms with Gasteiger partial charge in [0.1, 0.15) is 29.6 Å². The second-order valence-electron chi connectivity index (χ2n) is 9.63. The van der Waals surface area contributed by atoms with E-state index >= 15 is 0 Å². The predicted molar refractivity (Wildman–Crippen MR) is 142 cm³/mol. The molecule has 0 heterocycles. The van der Waals surface area contributed by atoms with Gasteiger partial charge >= 0.3 is 11.9 Å². The van der Waals surface area contributed by atoms with E-state index in [1.54, 1.807) is 13.8 Å². The van der Waals surface area contributed by atoms with Crippen LogP contribution in [-0.2, 0) is 36.8 Å². The van der Waals surface area contributed by atoms with Crippen LogP contribution in [0.4, 0.5) is 0 Å². The summed E-state index contributed by atoms with van der Waals surface area (Å²) >= 11 is 0. The first-order valence-electron chi connectivity index (χ1n) is 12.4. The maximum Gasteiger partial charge on any atom is 0.326 e. The fourth-order valence-corrected chi connectivity index (χ4v) is 3.64. The van der Waals surface area contributed by atoms with Crippen LogP contribution < -0.4 is 21.7 Å². The second kappa shape index (κ2) is 14.5. The van der Waals surface area contributed by atoms with Crippen LogP contribution in [0, 0.1) is 5.92 Å². The van der Waals surface area contributed by atoms with E-state index in [9.17, 15) is 44.4 Å². The smallest absolute Gasteiger partial charge is 0.326 e. The van der Waals surface area contributed by atoms with E-state index in [0.29, 0.717) is 11.1 Å². The molecule has 4 atom stereocenters. The third-order valence-electron chi connectivity index (χ3n) is 6.03. The van der Waals surface area contributed by atoms with Crippen molar-refractivity contribution in [2.24, 2.45) is 11.7 Å². The number of phenols is 2. The van der Waals surface area contributed by atoms with Gasteiger partial charge in [-0.2, -0.15) is 0 Å². The number of hydrogen-bond acceptors (Lipinski definition) is 8. The van der Waals surface area contributed by atoms with Gasteiger partial charge in [0, 0.05) is 12.8 Å². The van der Waals surface area contributed by atoms with Crippen LogP contribution in [0.25, 0.3) is 0 Å². The van der Waals surface area contributed by atoms with Crippen LogP contribution in [0.3, 0.4) is 0 Å². The molecule has 2 rings (SSSR count). The number of benzene rings is 2. The van der Waals surface area contributed by atoms with Crippen LogP contribution in [0.5, 0.6) is 11.5 Å². The zero-order valence-corrected chi connectivity index (χ0v) is 22.0. The van der Waals surface area contributed by atoms with Crippen LogP contribution in [0.2, 0.25) is 0 Å². The highest BCUT2D eigenvalue weighted by molar-refractivity contribution is 5.95. The van der Waals surface area contributed by atoms with Gasteiger partial charge in [-0.25, -0.2) is 4.79 Å². The number of nitrogens with one attached hydrogen (secondary N) is 3. The molecule has 3 amide bonds. The molecule has 0 aliphatic heterocycles. The van der Waals surface area contributed by atoms with Gasteiger partial charge < -0.3 is 42.1 Å². The molecular weight excluding hydrogens is 524 g/mol. The van der Waals surface area contributed by atoms with Gasteiger partial charge in [-0.1, -0.05) is 38.1 Å². The number of carboxylic acid groups (broad SMARTS) is 2. The second-order valence-corrected chi connectivity index (χ2v) is 9.63. The van der Waals surface area contributed by atoms with Gasteiger partial charge in [-0.3, -0.25) is 19.2 Å². The molecule has 0 aliphatic rings. The van der Waals surface area contributed by atoms with E-state index < -0.39 is 60.2 Å². The third-order valence-corrected chi connectivity index (χ3v) is 6.03. The zero-order valence-electron chi connectivity index (χ0n) is 22.0. The molecule has 0 spiro atoms. The highest BCUT2D eigenvalue weighted by atomic mass is 16.4. The first-order chi connectivity index (χ1) is 18.8. The first-order valence-corrected chi connectivity index (χ1v) is 12.4. The van der Waals surface area contributed by atoms with E-state index in [4.69, 9.17) is 5.73 Å². The molecule has 216 valence electrons. The van der Waals surface area contributed by atoms with Gasteiger partial charge in [-0.15, -0.1) is 0 Å². The monoisotopic (exact) mass is 558 g/mol. The van der Waals surface area contributed by atoms with Gasteiger partial charge in [0.05, 0.1) is 12.5 Å². The van der Waals surface area contributed by atoms with Crippen molar-refractivity contribution in [1.82, 2.24) is 16.0 Å². The van der Waals surface area contributed by atoms with Crippen molar-refractivity contribution in [3.8, 4) is 11.5 Å². The van der Waals surface area contributed by atoms with E-state index in [2.05, 4.69) is 16.0 Å². The summed E-state index contributed by atoms with van der Waals surface area (Å²) in [6, 6.07) is 6.04. The zero-order chi connectivity index (χ0) is 30.0. The number of rotatable bonds is 14. The minimum atomic E-state index is -1.68. The minimum Gasteiger partial charge on any atom is -0.508 e. The summed E-state index contributed by atoms with van der Waals surface area (Å²) < 4.78 is 0. The Hall–Kier alpha value is -4.65. The number of hydrogen-bond donors (Lipinski definition) is 8. The Labute approximate surface area is 230 Å². The van der Waals surface area contributed by atoms with Crippen LogP contribution in [-0.4, -0.2) is 74.3 Å². The standard InChI is InChI=1S/C27H34N4O9/c1-14(2)23(28)26(38)30-19(11-15-3-7-17(32)8-4-15)24(36)29-20(13-22(34)35)25(37)31-21(27(39)40)12-16-5-9-18(33)10-6-16/h3-10,14,19-21,23,32-33H,11-13,28H2,1-2H3,(H,29,36)(H,30,38)(H,31,37)(H,34,35)(H,39,40). The topological polar surface area (TPSA) is 228 Å². The summed E-state index contributed by atoms with van der Waals surface area (Å²) in [5, 5.41) is 45.0.